The summed E-state index contributed by atoms with van der Waals surface area (Å²) in [5.74, 6) is -1.58. The summed E-state index contributed by atoms with van der Waals surface area (Å²) in [6.45, 7) is 5.79. The van der Waals surface area contributed by atoms with E-state index in [1.807, 2.05) is 32.1 Å². The van der Waals surface area contributed by atoms with Crippen LogP contribution in [-0.2, 0) is 25.7 Å². The van der Waals surface area contributed by atoms with Gasteiger partial charge in [0, 0.05) is 30.6 Å². The van der Waals surface area contributed by atoms with E-state index in [1.165, 1.54) is 9.80 Å². The lowest BCUT2D eigenvalue weighted by atomic mass is 9.85. The van der Waals surface area contributed by atoms with E-state index < -0.39 is 6.04 Å². The standard InChI is InChI=1S/C25H32ClN3O4/c1-4-16(2)27-23(31)17(3)29(15-18-8-7-9-19(26)14-18)22(30)12-13-28-24(32)20-10-5-6-11-21(20)25(28)33/h5-9,14,16-17,20-21H,4,10-13,15H2,1-3H3,(H,27,31)/t16-,17+,20-,21+/m1/s1. The highest BCUT2D eigenvalue weighted by atomic mass is 35.5. The zero-order valence-electron chi connectivity index (χ0n) is 19.4. The number of carbonyl (C=O) groups is 4. The van der Waals surface area contributed by atoms with Crippen molar-refractivity contribution >= 4 is 35.2 Å². The van der Waals surface area contributed by atoms with E-state index in [0.29, 0.717) is 17.9 Å². The average molecular weight is 474 g/mol. The zero-order valence-corrected chi connectivity index (χ0v) is 20.2. The van der Waals surface area contributed by atoms with Gasteiger partial charge in [-0.05, 0) is 50.8 Å². The Bertz CT molecular complexity index is 921. The van der Waals surface area contributed by atoms with Crippen molar-refractivity contribution in [2.24, 2.45) is 11.8 Å². The number of carbonyl (C=O) groups excluding carboxylic acids is 4. The molecule has 0 aromatic heterocycles. The highest BCUT2D eigenvalue weighted by molar-refractivity contribution is 6.30. The minimum absolute atomic E-state index is 0.0140. The predicted octanol–water partition coefficient (Wildman–Crippen LogP) is 3.31. The van der Waals surface area contributed by atoms with Crippen LogP contribution in [0.4, 0.5) is 0 Å². The van der Waals surface area contributed by atoms with E-state index in [4.69, 9.17) is 11.6 Å². The molecule has 0 radical (unpaired) electrons. The van der Waals surface area contributed by atoms with Crippen LogP contribution in [0.1, 0.15) is 52.0 Å². The Morgan fingerprint density at radius 2 is 1.79 bits per heavy atom. The van der Waals surface area contributed by atoms with E-state index in [-0.39, 0.29) is 61.0 Å². The molecule has 1 aromatic rings. The van der Waals surface area contributed by atoms with Gasteiger partial charge in [-0.3, -0.25) is 24.1 Å². The van der Waals surface area contributed by atoms with Gasteiger partial charge in [0.2, 0.25) is 23.6 Å². The monoisotopic (exact) mass is 473 g/mol. The molecule has 1 saturated heterocycles. The van der Waals surface area contributed by atoms with Crippen molar-refractivity contribution in [3.8, 4) is 0 Å². The van der Waals surface area contributed by atoms with Gasteiger partial charge in [-0.1, -0.05) is 42.8 Å². The molecule has 1 aliphatic heterocycles. The maximum absolute atomic E-state index is 13.3. The van der Waals surface area contributed by atoms with Gasteiger partial charge >= 0.3 is 0 Å². The largest absolute Gasteiger partial charge is 0.352 e. The Kier molecular flexibility index (Phi) is 8.30. The summed E-state index contributed by atoms with van der Waals surface area (Å²) in [6.07, 6.45) is 5.74. The third-order valence-electron chi connectivity index (χ3n) is 6.56. The van der Waals surface area contributed by atoms with E-state index >= 15 is 0 Å². The van der Waals surface area contributed by atoms with E-state index in [0.717, 1.165) is 12.0 Å². The number of fused-ring (bicyclic) bond motifs is 1. The minimum atomic E-state index is -0.720. The molecule has 0 bridgehead atoms. The highest BCUT2D eigenvalue weighted by Crippen LogP contribution is 2.35. The molecule has 178 valence electrons. The van der Waals surface area contributed by atoms with Gasteiger partial charge in [0.15, 0.2) is 0 Å². The lowest BCUT2D eigenvalue weighted by molar-refractivity contribution is -0.143. The molecule has 0 saturated carbocycles. The third-order valence-corrected chi connectivity index (χ3v) is 6.79. The number of nitrogens with one attached hydrogen (secondary N) is 1. The molecule has 3 rings (SSSR count). The topological polar surface area (TPSA) is 86.8 Å². The molecule has 8 heteroatoms. The number of hydrogen-bond donors (Lipinski definition) is 1. The van der Waals surface area contributed by atoms with Crippen LogP contribution in [-0.4, -0.2) is 52.1 Å². The van der Waals surface area contributed by atoms with Crippen molar-refractivity contribution in [1.29, 1.82) is 0 Å². The lowest BCUT2D eigenvalue weighted by Gasteiger charge is -2.30. The fraction of sp³-hybridized carbons (Fsp3) is 0.520. The second-order valence-corrected chi connectivity index (χ2v) is 9.32. The Hall–Kier alpha value is -2.67. The zero-order chi connectivity index (χ0) is 24.1. The first-order valence-corrected chi connectivity index (χ1v) is 11.9. The second kappa shape index (κ2) is 11.0. The van der Waals surface area contributed by atoms with E-state index in [2.05, 4.69) is 5.32 Å². The van der Waals surface area contributed by atoms with Crippen LogP contribution < -0.4 is 5.32 Å². The van der Waals surface area contributed by atoms with Crippen LogP contribution in [0, 0.1) is 11.8 Å². The molecule has 0 spiro atoms. The van der Waals surface area contributed by atoms with E-state index in [1.54, 1.807) is 25.1 Å². The van der Waals surface area contributed by atoms with Gasteiger partial charge in [-0.15, -0.1) is 0 Å². The first kappa shape index (κ1) is 25.0. The first-order valence-electron chi connectivity index (χ1n) is 11.6. The number of hydrogen-bond acceptors (Lipinski definition) is 4. The Balaban J connectivity index is 1.72. The Labute approximate surface area is 200 Å². The summed E-state index contributed by atoms with van der Waals surface area (Å²) in [5, 5.41) is 3.47. The van der Waals surface area contributed by atoms with Crippen LogP contribution in [0.15, 0.2) is 36.4 Å². The molecule has 0 unspecified atom stereocenters. The maximum Gasteiger partial charge on any atom is 0.242 e. The minimum Gasteiger partial charge on any atom is -0.352 e. The highest BCUT2D eigenvalue weighted by Gasteiger charge is 2.47. The number of rotatable bonds is 9. The van der Waals surface area contributed by atoms with Crippen LogP contribution in [0.25, 0.3) is 0 Å². The summed E-state index contributed by atoms with van der Waals surface area (Å²) in [7, 11) is 0. The van der Waals surface area contributed by atoms with Gasteiger partial charge < -0.3 is 10.2 Å². The van der Waals surface area contributed by atoms with Gasteiger partial charge in [-0.25, -0.2) is 0 Å². The molecule has 1 aliphatic carbocycles. The van der Waals surface area contributed by atoms with E-state index in [9.17, 15) is 19.2 Å². The van der Waals surface area contributed by atoms with Gasteiger partial charge in [0.1, 0.15) is 6.04 Å². The number of amides is 4. The molecule has 1 fully saturated rings. The molecule has 4 amide bonds. The molecule has 2 aliphatic rings. The van der Waals surface area contributed by atoms with Crippen molar-refractivity contribution in [1.82, 2.24) is 15.1 Å². The van der Waals surface area contributed by atoms with Crippen LogP contribution in [0.2, 0.25) is 5.02 Å². The number of likely N-dealkylation sites (tertiary alicyclic amines) is 1. The second-order valence-electron chi connectivity index (χ2n) is 8.88. The number of nitrogens with zero attached hydrogens (tertiary/aromatic N) is 2. The molecule has 4 atom stereocenters. The van der Waals surface area contributed by atoms with Crippen LogP contribution in [0.3, 0.4) is 0 Å². The number of imide groups is 1. The number of halogens is 1. The maximum atomic E-state index is 13.3. The normalized spacial score (nSPS) is 21.5. The van der Waals surface area contributed by atoms with Gasteiger partial charge in [-0.2, -0.15) is 0 Å². The van der Waals surface area contributed by atoms with Crippen molar-refractivity contribution in [3.63, 3.8) is 0 Å². The number of allylic oxidation sites excluding steroid dienone is 2. The summed E-state index contributed by atoms with van der Waals surface area (Å²) >= 11 is 6.11. The predicted molar refractivity (Wildman–Crippen MR) is 126 cm³/mol. The molecule has 1 heterocycles. The molecular weight excluding hydrogens is 442 g/mol. The summed E-state index contributed by atoms with van der Waals surface area (Å²) < 4.78 is 0. The fourth-order valence-corrected chi connectivity index (χ4v) is 4.53. The molecule has 7 nitrogen and oxygen atoms in total. The summed E-state index contributed by atoms with van der Waals surface area (Å²) in [5.41, 5.74) is 0.796. The van der Waals surface area contributed by atoms with Crippen LogP contribution in [0.5, 0.6) is 0 Å². The Morgan fingerprint density at radius 1 is 1.15 bits per heavy atom. The van der Waals surface area contributed by atoms with Crippen molar-refractivity contribution in [2.45, 2.75) is 65.1 Å². The van der Waals surface area contributed by atoms with Gasteiger partial charge in [0.05, 0.1) is 11.8 Å². The smallest absolute Gasteiger partial charge is 0.242 e. The Morgan fingerprint density at radius 3 is 2.36 bits per heavy atom. The lowest BCUT2D eigenvalue weighted by Crippen LogP contribution is -2.50. The molecular formula is C25H32ClN3O4. The summed E-state index contributed by atoms with van der Waals surface area (Å²) in [4.78, 5) is 54.2. The van der Waals surface area contributed by atoms with Crippen molar-refractivity contribution < 1.29 is 19.2 Å². The molecule has 33 heavy (non-hydrogen) atoms. The number of benzene rings is 1. The molecule has 1 aromatic carbocycles. The molecule has 1 N–H and O–H groups in total. The SMILES string of the molecule is CC[C@@H](C)NC(=O)[C@H](C)N(Cc1cccc(Cl)c1)C(=O)CCN1C(=O)[C@H]2CC=CC[C@H]2C1=O. The first-order chi connectivity index (χ1) is 15.7. The van der Waals surface area contributed by atoms with Crippen LogP contribution >= 0.6 is 11.6 Å². The third kappa shape index (κ3) is 5.82. The van der Waals surface area contributed by atoms with Crippen molar-refractivity contribution in [3.05, 3.63) is 47.0 Å². The van der Waals surface area contributed by atoms with Gasteiger partial charge in [0.25, 0.3) is 0 Å². The van der Waals surface area contributed by atoms with Crippen molar-refractivity contribution in [2.75, 3.05) is 6.54 Å². The average Bonchev–Trinajstić information content (AvgIpc) is 3.05. The summed E-state index contributed by atoms with van der Waals surface area (Å²) in [6, 6.07) is 6.40. The fourth-order valence-electron chi connectivity index (χ4n) is 4.32. The quantitative estimate of drug-likeness (QED) is 0.440.